The van der Waals surface area contributed by atoms with Gasteiger partial charge in [0, 0.05) is 10.8 Å². The van der Waals surface area contributed by atoms with Crippen molar-refractivity contribution in [2.75, 3.05) is 0 Å². The van der Waals surface area contributed by atoms with Gasteiger partial charge < -0.3 is 9.15 Å². The van der Waals surface area contributed by atoms with E-state index in [4.69, 9.17) is 9.15 Å². The summed E-state index contributed by atoms with van der Waals surface area (Å²) in [5, 5.41) is 10.2. The Morgan fingerprint density at radius 3 is 3.04 bits per heavy atom. The van der Waals surface area contributed by atoms with Gasteiger partial charge in [0.2, 0.25) is 0 Å². The number of aromatic amines is 1. The number of hydrogen-bond acceptors (Lipinski definition) is 6. The predicted molar refractivity (Wildman–Crippen MR) is 85.0 cm³/mol. The molecule has 0 aliphatic heterocycles. The Bertz CT molecular complexity index is 956. The normalized spacial score (nSPS) is 11.0. The van der Waals surface area contributed by atoms with Crippen LogP contribution in [0.5, 0.6) is 0 Å². The molecule has 114 valence electrons. The highest BCUT2D eigenvalue weighted by Gasteiger charge is 2.16. The zero-order valence-corrected chi connectivity index (χ0v) is 12.7. The van der Waals surface area contributed by atoms with E-state index in [9.17, 15) is 4.79 Å². The van der Waals surface area contributed by atoms with E-state index in [0.29, 0.717) is 11.5 Å². The van der Waals surface area contributed by atoms with Crippen molar-refractivity contribution < 1.29 is 13.9 Å². The number of aromatic nitrogens is 3. The summed E-state index contributed by atoms with van der Waals surface area (Å²) in [4.78, 5) is 16.6. The van der Waals surface area contributed by atoms with E-state index in [1.807, 2.05) is 35.7 Å². The van der Waals surface area contributed by atoms with Crippen molar-refractivity contribution in [3.63, 3.8) is 0 Å². The molecular formula is C16H11N3O3S. The Balaban J connectivity index is 1.48. The lowest BCUT2D eigenvalue weighted by Gasteiger charge is -2.00. The fraction of sp³-hybridized carbons (Fsp3) is 0.0625. The first kappa shape index (κ1) is 13.7. The highest BCUT2D eigenvalue weighted by Crippen LogP contribution is 2.24. The molecule has 0 amide bonds. The fourth-order valence-electron chi connectivity index (χ4n) is 2.21. The van der Waals surface area contributed by atoms with Gasteiger partial charge in [-0.25, -0.2) is 9.78 Å². The summed E-state index contributed by atoms with van der Waals surface area (Å²) in [6.07, 6.45) is 1.60. The molecule has 1 N–H and O–H groups in total. The molecule has 0 bridgehead atoms. The van der Waals surface area contributed by atoms with Crippen LogP contribution in [0, 0.1) is 0 Å². The van der Waals surface area contributed by atoms with E-state index in [1.165, 1.54) is 11.3 Å². The van der Waals surface area contributed by atoms with Crippen molar-refractivity contribution in [3.05, 3.63) is 59.4 Å². The van der Waals surface area contributed by atoms with Gasteiger partial charge >= 0.3 is 5.97 Å². The second-order valence-corrected chi connectivity index (χ2v) is 5.67. The number of carbonyl (C=O) groups is 1. The summed E-state index contributed by atoms with van der Waals surface area (Å²) in [6, 6.07) is 11.1. The van der Waals surface area contributed by atoms with E-state index in [0.717, 1.165) is 15.9 Å². The Morgan fingerprint density at radius 1 is 1.26 bits per heavy atom. The number of benzene rings is 1. The molecule has 0 aliphatic carbocycles. The highest BCUT2D eigenvalue weighted by atomic mass is 32.1. The number of fused-ring (bicyclic) bond motifs is 1. The number of hydrogen-bond donors (Lipinski definition) is 1. The minimum absolute atomic E-state index is 0.0945. The molecule has 4 rings (SSSR count). The van der Waals surface area contributed by atoms with Crippen LogP contribution in [0.3, 0.4) is 0 Å². The first-order valence-corrected chi connectivity index (χ1v) is 7.78. The molecule has 0 saturated heterocycles. The van der Waals surface area contributed by atoms with Crippen molar-refractivity contribution in [1.29, 1.82) is 0 Å². The number of furan rings is 1. The van der Waals surface area contributed by atoms with Crippen LogP contribution in [0.25, 0.3) is 21.7 Å². The van der Waals surface area contributed by atoms with Gasteiger partial charge in [0.1, 0.15) is 6.61 Å². The molecule has 3 heterocycles. The summed E-state index contributed by atoms with van der Waals surface area (Å²) in [5.74, 6) is 0.223. The lowest BCUT2D eigenvalue weighted by Crippen LogP contribution is -2.06. The molecule has 1 aromatic carbocycles. The largest absolute Gasteiger partial charge is 0.462 e. The van der Waals surface area contributed by atoms with Gasteiger partial charge in [-0.05, 0) is 18.2 Å². The molecule has 0 radical (unpaired) electrons. The molecule has 0 spiro atoms. The standard InChI is InChI=1S/C16H11N3O3S/c20-16(14-11-4-1-2-5-12(11)18-19-14)22-8-10-9-23-15(17-10)13-6-3-7-21-13/h1-7,9H,8H2,(H,18,19). The number of esters is 1. The number of nitrogens with one attached hydrogen (secondary N) is 1. The van der Waals surface area contributed by atoms with Crippen molar-refractivity contribution in [3.8, 4) is 10.8 Å². The van der Waals surface area contributed by atoms with Crippen molar-refractivity contribution in [1.82, 2.24) is 15.2 Å². The minimum atomic E-state index is -0.477. The van der Waals surface area contributed by atoms with Crippen LogP contribution in [-0.2, 0) is 11.3 Å². The maximum atomic E-state index is 12.2. The lowest BCUT2D eigenvalue weighted by molar-refractivity contribution is 0.0464. The number of H-pyrrole nitrogens is 1. The van der Waals surface area contributed by atoms with E-state index in [1.54, 1.807) is 12.3 Å². The highest BCUT2D eigenvalue weighted by molar-refractivity contribution is 7.13. The number of thiazole rings is 1. The SMILES string of the molecule is O=C(OCc1csc(-c2ccco2)n1)c1n[nH]c2ccccc12. The van der Waals surface area contributed by atoms with Gasteiger partial charge in [-0.3, -0.25) is 5.10 Å². The number of rotatable bonds is 4. The molecule has 0 unspecified atom stereocenters. The van der Waals surface area contributed by atoms with Gasteiger partial charge in [0.15, 0.2) is 16.5 Å². The first-order chi connectivity index (χ1) is 11.3. The average Bonchev–Trinajstić information content (AvgIpc) is 3.31. The van der Waals surface area contributed by atoms with Gasteiger partial charge in [-0.2, -0.15) is 5.10 Å². The van der Waals surface area contributed by atoms with E-state index >= 15 is 0 Å². The van der Waals surface area contributed by atoms with Crippen molar-refractivity contribution in [2.45, 2.75) is 6.61 Å². The monoisotopic (exact) mass is 325 g/mol. The van der Waals surface area contributed by atoms with Crippen LogP contribution in [0.2, 0.25) is 0 Å². The Kier molecular flexibility index (Phi) is 3.39. The molecule has 6 nitrogen and oxygen atoms in total. The van der Waals surface area contributed by atoms with Crippen LogP contribution in [0.1, 0.15) is 16.2 Å². The summed E-state index contributed by atoms with van der Waals surface area (Å²) in [6.45, 7) is 0.0945. The molecule has 0 aliphatic rings. The summed E-state index contributed by atoms with van der Waals surface area (Å²) >= 11 is 1.44. The maximum Gasteiger partial charge on any atom is 0.359 e. The first-order valence-electron chi connectivity index (χ1n) is 6.90. The zero-order valence-electron chi connectivity index (χ0n) is 11.9. The molecule has 4 aromatic rings. The van der Waals surface area contributed by atoms with Crippen LogP contribution in [-0.4, -0.2) is 21.2 Å². The Labute approximate surface area is 134 Å². The minimum Gasteiger partial charge on any atom is -0.462 e. The van der Waals surface area contributed by atoms with Crippen LogP contribution < -0.4 is 0 Å². The van der Waals surface area contributed by atoms with E-state index in [-0.39, 0.29) is 12.3 Å². The second-order valence-electron chi connectivity index (χ2n) is 4.82. The quantitative estimate of drug-likeness (QED) is 0.579. The Morgan fingerprint density at radius 2 is 2.17 bits per heavy atom. The third-order valence-corrected chi connectivity index (χ3v) is 4.20. The molecule has 3 aromatic heterocycles. The summed E-state index contributed by atoms with van der Waals surface area (Å²) < 4.78 is 10.6. The molecule has 23 heavy (non-hydrogen) atoms. The molecule has 0 atom stereocenters. The van der Waals surface area contributed by atoms with Crippen molar-refractivity contribution >= 4 is 28.2 Å². The molecule has 0 saturated carbocycles. The topological polar surface area (TPSA) is 81.0 Å². The van der Waals surface area contributed by atoms with Crippen LogP contribution >= 0.6 is 11.3 Å². The predicted octanol–water partition coefficient (Wildman–Crippen LogP) is 3.64. The number of carbonyl (C=O) groups excluding carboxylic acids is 1. The molecule has 0 fully saturated rings. The third-order valence-electron chi connectivity index (χ3n) is 3.30. The van der Waals surface area contributed by atoms with E-state index in [2.05, 4.69) is 15.2 Å². The fourth-order valence-corrected chi connectivity index (χ4v) is 2.98. The average molecular weight is 325 g/mol. The lowest BCUT2D eigenvalue weighted by atomic mass is 10.2. The van der Waals surface area contributed by atoms with Crippen LogP contribution in [0.15, 0.2) is 52.5 Å². The second kappa shape index (κ2) is 5.69. The number of ether oxygens (including phenoxy) is 1. The van der Waals surface area contributed by atoms with Gasteiger partial charge in [0.05, 0.1) is 17.5 Å². The number of nitrogens with zero attached hydrogens (tertiary/aromatic N) is 2. The van der Waals surface area contributed by atoms with Gasteiger partial charge in [-0.1, -0.05) is 18.2 Å². The van der Waals surface area contributed by atoms with Gasteiger partial charge in [-0.15, -0.1) is 11.3 Å². The van der Waals surface area contributed by atoms with Crippen molar-refractivity contribution in [2.24, 2.45) is 0 Å². The number of para-hydroxylation sites is 1. The Hall–Kier alpha value is -2.93. The van der Waals surface area contributed by atoms with E-state index < -0.39 is 5.97 Å². The third kappa shape index (κ3) is 2.62. The summed E-state index contributed by atoms with van der Waals surface area (Å²) in [5.41, 5.74) is 1.75. The smallest absolute Gasteiger partial charge is 0.359 e. The molecule has 7 heteroatoms. The zero-order chi connectivity index (χ0) is 15.6. The maximum absolute atomic E-state index is 12.2. The summed E-state index contributed by atoms with van der Waals surface area (Å²) in [7, 11) is 0. The van der Waals surface area contributed by atoms with Crippen LogP contribution in [0.4, 0.5) is 0 Å². The molecular weight excluding hydrogens is 314 g/mol. The van der Waals surface area contributed by atoms with Gasteiger partial charge in [0.25, 0.3) is 0 Å².